The fourth-order valence-electron chi connectivity index (χ4n) is 2.80. The summed E-state index contributed by atoms with van der Waals surface area (Å²) < 4.78 is 0. The van der Waals surface area contributed by atoms with Crippen molar-refractivity contribution in [3.05, 3.63) is 36.0 Å². The van der Waals surface area contributed by atoms with Crippen molar-refractivity contribution >= 4 is 17.7 Å². The number of hydrogen-bond donors (Lipinski definition) is 1. The summed E-state index contributed by atoms with van der Waals surface area (Å²) in [6, 6.07) is 3.54. The molecule has 0 saturated carbocycles. The molecule has 1 saturated heterocycles. The lowest BCUT2D eigenvalue weighted by Gasteiger charge is -2.34. The lowest BCUT2D eigenvalue weighted by atomic mass is 10.2. The van der Waals surface area contributed by atoms with E-state index >= 15 is 0 Å². The van der Waals surface area contributed by atoms with E-state index in [1.807, 2.05) is 11.8 Å². The Morgan fingerprint density at radius 1 is 1.15 bits per heavy atom. The zero-order valence-electron chi connectivity index (χ0n) is 15.5. The van der Waals surface area contributed by atoms with Crippen molar-refractivity contribution in [1.29, 1.82) is 0 Å². The van der Waals surface area contributed by atoms with Gasteiger partial charge < -0.3 is 15.1 Å². The minimum Gasteiger partial charge on any atom is -0.370 e. The second kappa shape index (κ2) is 8.07. The third kappa shape index (κ3) is 4.44. The Morgan fingerprint density at radius 3 is 2.50 bits per heavy atom. The molecule has 0 bridgehead atoms. The molecule has 8 nitrogen and oxygen atoms in total. The van der Waals surface area contributed by atoms with E-state index < -0.39 is 0 Å². The SMILES string of the molecule is Cc1nc(NCC(C)C)cc(C(=O)N2CCN(c3ncccn3)CC2)n1. The van der Waals surface area contributed by atoms with Crippen molar-refractivity contribution in [3.63, 3.8) is 0 Å². The molecule has 2 aromatic rings. The van der Waals surface area contributed by atoms with Crippen LogP contribution in [0.1, 0.15) is 30.2 Å². The molecule has 0 radical (unpaired) electrons. The maximum atomic E-state index is 12.8. The van der Waals surface area contributed by atoms with Gasteiger partial charge in [0, 0.05) is 51.2 Å². The molecule has 1 aliphatic rings. The number of nitrogens with zero attached hydrogens (tertiary/aromatic N) is 6. The van der Waals surface area contributed by atoms with E-state index in [1.165, 1.54) is 0 Å². The Hall–Kier alpha value is -2.77. The van der Waals surface area contributed by atoms with Crippen LogP contribution in [0.5, 0.6) is 0 Å². The Morgan fingerprint density at radius 2 is 1.85 bits per heavy atom. The Balaban J connectivity index is 1.65. The first kappa shape index (κ1) is 18.0. The van der Waals surface area contributed by atoms with E-state index in [1.54, 1.807) is 24.5 Å². The van der Waals surface area contributed by atoms with Crippen LogP contribution in [-0.2, 0) is 0 Å². The molecule has 1 N–H and O–H groups in total. The predicted molar refractivity (Wildman–Crippen MR) is 100 cm³/mol. The lowest BCUT2D eigenvalue weighted by molar-refractivity contribution is 0.0740. The van der Waals surface area contributed by atoms with Gasteiger partial charge in [-0.15, -0.1) is 0 Å². The van der Waals surface area contributed by atoms with Crippen LogP contribution in [0.2, 0.25) is 0 Å². The van der Waals surface area contributed by atoms with Crippen molar-refractivity contribution in [2.24, 2.45) is 5.92 Å². The number of carbonyl (C=O) groups is 1. The van der Waals surface area contributed by atoms with Gasteiger partial charge in [0.1, 0.15) is 17.3 Å². The zero-order chi connectivity index (χ0) is 18.5. The Labute approximate surface area is 153 Å². The molecule has 3 rings (SSSR count). The normalized spacial score (nSPS) is 14.6. The molecular formula is C18H25N7O. The molecule has 1 fully saturated rings. The van der Waals surface area contributed by atoms with Crippen LogP contribution in [0.3, 0.4) is 0 Å². The number of anilines is 2. The number of aromatic nitrogens is 4. The Kier molecular flexibility index (Phi) is 5.60. The van der Waals surface area contributed by atoms with Crippen LogP contribution in [0.25, 0.3) is 0 Å². The average Bonchev–Trinajstić information content (AvgIpc) is 2.66. The van der Waals surface area contributed by atoms with Crippen molar-refractivity contribution < 1.29 is 4.79 Å². The summed E-state index contributed by atoms with van der Waals surface area (Å²) in [4.78, 5) is 34.0. The number of nitrogens with one attached hydrogen (secondary N) is 1. The molecule has 1 amide bonds. The first-order valence-electron chi connectivity index (χ1n) is 8.93. The summed E-state index contributed by atoms with van der Waals surface area (Å²) in [6.45, 7) is 9.52. The highest BCUT2D eigenvalue weighted by atomic mass is 16.2. The monoisotopic (exact) mass is 355 g/mol. The molecule has 0 spiro atoms. The molecule has 0 aromatic carbocycles. The first-order valence-corrected chi connectivity index (χ1v) is 8.93. The van der Waals surface area contributed by atoms with E-state index in [0.29, 0.717) is 55.4 Å². The maximum Gasteiger partial charge on any atom is 0.272 e. The van der Waals surface area contributed by atoms with Gasteiger partial charge in [-0.1, -0.05) is 13.8 Å². The molecule has 0 aliphatic carbocycles. The standard InChI is InChI=1S/C18H25N7O/c1-13(2)12-21-16-11-15(22-14(3)23-16)17(26)24-7-9-25(10-8-24)18-19-5-4-6-20-18/h4-6,11,13H,7-10,12H2,1-3H3,(H,21,22,23). The topological polar surface area (TPSA) is 87.1 Å². The number of carbonyl (C=O) groups excluding carboxylic acids is 1. The molecule has 3 heterocycles. The van der Waals surface area contributed by atoms with Crippen LogP contribution >= 0.6 is 0 Å². The van der Waals surface area contributed by atoms with E-state index in [-0.39, 0.29) is 5.91 Å². The first-order chi connectivity index (χ1) is 12.5. The second-order valence-electron chi connectivity index (χ2n) is 6.79. The van der Waals surface area contributed by atoms with Crippen LogP contribution < -0.4 is 10.2 Å². The number of hydrogen-bond acceptors (Lipinski definition) is 7. The van der Waals surface area contributed by atoms with E-state index in [9.17, 15) is 4.79 Å². The molecule has 2 aromatic heterocycles. The van der Waals surface area contributed by atoms with Crippen molar-refractivity contribution in [2.45, 2.75) is 20.8 Å². The largest absolute Gasteiger partial charge is 0.370 e. The summed E-state index contributed by atoms with van der Waals surface area (Å²) in [7, 11) is 0. The maximum absolute atomic E-state index is 12.8. The van der Waals surface area contributed by atoms with Gasteiger partial charge in [0.05, 0.1) is 0 Å². The zero-order valence-corrected chi connectivity index (χ0v) is 15.5. The van der Waals surface area contributed by atoms with Gasteiger partial charge in [-0.05, 0) is 18.9 Å². The third-order valence-electron chi connectivity index (χ3n) is 4.15. The molecule has 1 aliphatic heterocycles. The van der Waals surface area contributed by atoms with Gasteiger partial charge in [0.2, 0.25) is 5.95 Å². The van der Waals surface area contributed by atoms with Crippen LogP contribution in [0.4, 0.5) is 11.8 Å². The van der Waals surface area contributed by atoms with Crippen LogP contribution in [-0.4, -0.2) is 63.5 Å². The van der Waals surface area contributed by atoms with E-state index in [4.69, 9.17) is 0 Å². The summed E-state index contributed by atoms with van der Waals surface area (Å²) >= 11 is 0. The summed E-state index contributed by atoms with van der Waals surface area (Å²) in [5.41, 5.74) is 0.438. The fourth-order valence-corrected chi connectivity index (χ4v) is 2.80. The van der Waals surface area contributed by atoms with Gasteiger partial charge in [-0.2, -0.15) is 0 Å². The highest BCUT2D eigenvalue weighted by molar-refractivity contribution is 5.93. The number of rotatable bonds is 5. The van der Waals surface area contributed by atoms with Crippen molar-refractivity contribution in [1.82, 2.24) is 24.8 Å². The highest BCUT2D eigenvalue weighted by Crippen LogP contribution is 2.14. The van der Waals surface area contributed by atoms with Crippen molar-refractivity contribution in [3.8, 4) is 0 Å². The third-order valence-corrected chi connectivity index (χ3v) is 4.15. The fraction of sp³-hybridized carbons (Fsp3) is 0.500. The number of piperazine rings is 1. The van der Waals surface area contributed by atoms with Gasteiger partial charge >= 0.3 is 0 Å². The molecule has 0 atom stereocenters. The second-order valence-corrected chi connectivity index (χ2v) is 6.79. The molecule has 0 unspecified atom stereocenters. The van der Waals surface area contributed by atoms with E-state index in [0.717, 1.165) is 6.54 Å². The molecular weight excluding hydrogens is 330 g/mol. The van der Waals surface area contributed by atoms with Crippen LogP contribution in [0.15, 0.2) is 24.5 Å². The average molecular weight is 355 g/mol. The smallest absolute Gasteiger partial charge is 0.272 e. The quantitative estimate of drug-likeness (QED) is 0.872. The van der Waals surface area contributed by atoms with Gasteiger partial charge in [-0.3, -0.25) is 4.79 Å². The molecule has 26 heavy (non-hydrogen) atoms. The van der Waals surface area contributed by atoms with Gasteiger partial charge in [0.15, 0.2) is 0 Å². The predicted octanol–water partition coefficient (Wildman–Crippen LogP) is 1.61. The van der Waals surface area contributed by atoms with E-state index in [2.05, 4.69) is 44.0 Å². The summed E-state index contributed by atoms with van der Waals surface area (Å²) in [5, 5.41) is 3.27. The number of amides is 1. The lowest BCUT2D eigenvalue weighted by Crippen LogP contribution is -2.49. The molecule has 8 heteroatoms. The minimum absolute atomic E-state index is 0.0586. The van der Waals surface area contributed by atoms with Gasteiger partial charge in [0.25, 0.3) is 5.91 Å². The highest BCUT2D eigenvalue weighted by Gasteiger charge is 2.24. The van der Waals surface area contributed by atoms with Crippen LogP contribution in [0, 0.1) is 12.8 Å². The molecule has 138 valence electrons. The Bertz CT molecular complexity index is 742. The van der Waals surface area contributed by atoms with Crippen molar-refractivity contribution in [2.75, 3.05) is 42.9 Å². The minimum atomic E-state index is -0.0586. The number of aryl methyl sites for hydroxylation is 1. The summed E-state index contributed by atoms with van der Waals surface area (Å²) in [6.07, 6.45) is 3.46. The van der Waals surface area contributed by atoms with Gasteiger partial charge in [-0.25, -0.2) is 19.9 Å². The summed E-state index contributed by atoms with van der Waals surface area (Å²) in [5.74, 6) is 2.44.